The van der Waals surface area contributed by atoms with Gasteiger partial charge < -0.3 is 5.32 Å². The fraction of sp³-hybridized carbons (Fsp3) is 0.308. The zero-order valence-electron chi connectivity index (χ0n) is 10.2. The van der Waals surface area contributed by atoms with Crippen LogP contribution >= 0.6 is 11.6 Å². The lowest BCUT2D eigenvalue weighted by Gasteiger charge is -2.15. The molecule has 1 heterocycles. The second kappa shape index (κ2) is 4.80. The van der Waals surface area contributed by atoms with Crippen LogP contribution in [0.3, 0.4) is 0 Å². The van der Waals surface area contributed by atoms with Crippen LogP contribution in [0.25, 0.3) is 0 Å². The van der Waals surface area contributed by atoms with Crippen LogP contribution in [-0.4, -0.2) is 9.78 Å². The molecule has 0 radical (unpaired) electrons. The van der Waals surface area contributed by atoms with Crippen molar-refractivity contribution in [3.8, 4) is 0 Å². The number of rotatable bonds is 3. The molecule has 17 heavy (non-hydrogen) atoms. The number of hydrogen-bond acceptors (Lipinski definition) is 2. The van der Waals surface area contributed by atoms with E-state index in [9.17, 15) is 0 Å². The summed E-state index contributed by atoms with van der Waals surface area (Å²) in [5.41, 5.74) is 3.18. The van der Waals surface area contributed by atoms with Gasteiger partial charge in [0.15, 0.2) is 0 Å². The minimum absolute atomic E-state index is 0.184. The summed E-state index contributed by atoms with van der Waals surface area (Å²) < 4.78 is 1.83. The minimum Gasteiger partial charge on any atom is -0.377 e. The van der Waals surface area contributed by atoms with Gasteiger partial charge in [-0.3, -0.25) is 4.68 Å². The number of benzene rings is 1. The first-order valence-corrected chi connectivity index (χ1v) is 5.97. The van der Waals surface area contributed by atoms with Gasteiger partial charge in [0.05, 0.1) is 22.4 Å². The molecule has 0 aliphatic carbocycles. The Balaban J connectivity index is 2.20. The summed E-state index contributed by atoms with van der Waals surface area (Å²) in [5, 5.41) is 8.47. The maximum atomic E-state index is 6.12. The minimum atomic E-state index is 0.184. The Morgan fingerprint density at radius 3 is 2.65 bits per heavy atom. The summed E-state index contributed by atoms with van der Waals surface area (Å²) in [7, 11) is 1.93. The largest absolute Gasteiger partial charge is 0.377 e. The molecule has 3 nitrogen and oxygen atoms in total. The molecule has 0 fully saturated rings. The van der Waals surface area contributed by atoms with Crippen molar-refractivity contribution in [3.05, 3.63) is 46.7 Å². The van der Waals surface area contributed by atoms with Crippen LogP contribution in [0, 0.1) is 6.92 Å². The molecule has 0 amide bonds. The Morgan fingerprint density at radius 1 is 1.35 bits per heavy atom. The van der Waals surface area contributed by atoms with Gasteiger partial charge in [-0.1, -0.05) is 23.7 Å². The molecule has 1 N–H and O–H groups in total. The first-order chi connectivity index (χ1) is 8.08. The van der Waals surface area contributed by atoms with Crippen LogP contribution in [0.5, 0.6) is 0 Å². The van der Waals surface area contributed by atoms with Crippen LogP contribution in [0.1, 0.15) is 24.2 Å². The van der Waals surface area contributed by atoms with Crippen molar-refractivity contribution in [3.63, 3.8) is 0 Å². The molecule has 0 bridgehead atoms. The van der Waals surface area contributed by atoms with Gasteiger partial charge in [0.2, 0.25) is 0 Å². The van der Waals surface area contributed by atoms with Crippen LogP contribution in [0.2, 0.25) is 5.02 Å². The van der Waals surface area contributed by atoms with Crippen molar-refractivity contribution in [2.24, 2.45) is 7.05 Å². The lowest BCUT2D eigenvalue weighted by atomic mass is 10.1. The van der Waals surface area contributed by atoms with Gasteiger partial charge in [0, 0.05) is 18.8 Å². The van der Waals surface area contributed by atoms with Crippen molar-refractivity contribution in [1.29, 1.82) is 0 Å². The standard InChI is InChI=1S/C13H16ClN3/c1-9(11-8-17(3)16-10(11)2)15-13-7-5-4-6-12(13)14/h4-9,15H,1-3H3. The zero-order valence-corrected chi connectivity index (χ0v) is 11.0. The molecule has 1 unspecified atom stereocenters. The summed E-state index contributed by atoms with van der Waals surface area (Å²) in [6, 6.07) is 7.94. The molecular weight excluding hydrogens is 234 g/mol. The average molecular weight is 250 g/mol. The summed E-state index contributed by atoms with van der Waals surface area (Å²) in [4.78, 5) is 0. The molecule has 1 aromatic carbocycles. The fourth-order valence-electron chi connectivity index (χ4n) is 1.93. The number of hydrogen-bond donors (Lipinski definition) is 1. The van der Waals surface area contributed by atoms with Crippen LogP contribution in [-0.2, 0) is 7.05 Å². The monoisotopic (exact) mass is 249 g/mol. The molecule has 90 valence electrons. The molecule has 0 aliphatic rings. The summed E-state index contributed by atoms with van der Waals surface area (Å²) in [6.45, 7) is 4.12. The van der Waals surface area contributed by atoms with E-state index in [1.807, 2.05) is 49.1 Å². The Kier molecular flexibility index (Phi) is 3.38. The lowest BCUT2D eigenvalue weighted by Crippen LogP contribution is -2.07. The molecule has 0 saturated carbocycles. The van der Waals surface area contributed by atoms with Gasteiger partial charge in [-0.25, -0.2) is 0 Å². The predicted octanol–water partition coefficient (Wildman–Crippen LogP) is 3.56. The summed E-state index contributed by atoms with van der Waals surface area (Å²) in [6.07, 6.45) is 2.03. The Hall–Kier alpha value is -1.48. The Labute approximate surface area is 106 Å². The Bertz CT molecular complexity index is 519. The maximum Gasteiger partial charge on any atom is 0.0646 e. The van der Waals surface area contributed by atoms with Crippen molar-refractivity contribution < 1.29 is 0 Å². The lowest BCUT2D eigenvalue weighted by molar-refractivity contribution is 0.756. The van der Waals surface area contributed by atoms with E-state index in [1.54, 1.807) is 0 Å². The van der Waals surface area contributed by atoms with Gasteiger partial charge in [-0.15, -0.1) is 0 Å². The highest BCUT2D eigenvalue weighted by Gasteiger charge is 2.12. The van der Waals surface area contributed by atoms with Crippen LogP contribution in [0.4, 0.5) is 5.69 Å². The number of nitrogens with one attached hydrogen (secondary N) is 1. The first kappa shape index (κ1) is 12.0. The third-order valence-electron chi connectivity index (χ3n) is 2.76. The third-order valence-corrected chi connectivity index (χ3v) is 3.09. The second-order valence-electron chi connectivity index (χ2n) is 4.19. The smallest absolute Gasteiger partial charge is 0.0646 e. The molecular formula is C13H16ClN3. The quantitative estimate of drug-likeness (QED) is 0.902. The van der Waals surface area contributed by atoms with Crippen molar-refractivity contribution in [2.75, 3.05) is 5.32 Å². The number of anilines is 1. The van der Waals surface area contributed by atoms with E-state index in [2.05, 4.69) is 17.3 Å². The average Bonchev–Trinajstić information content (AvgIpc) is 2.61. The number of halogens is 1. The molecule has 0 spiro atoms. The topological polar surface area (TPSA) is 29.9 Å². The molecule has 4 heteroatoms. The number of aryl methyl sites for hydroxylation is 2. The van der Waals surface area contributed by atoms with Crippen LogP contribution in [0.15, 0.2) is 30.5 Å². The fourth-order valence-corrected chi connectivity index (χ4v) is 2.12. The highest BCUT2D eigenvalue weighted by Crippen LogP contribution is 2.26. The normalized spacial score (nSPS) is 12.5. The summed E-state index contributed by atoms with van der Waals surface area (Å²) >= 11 is 6.12. The van der Waals surface area contributed by atoms with Gasteiger partial charge >= 0.3 is 0 Å². The van der Waals surface area contributed by atoms with E-state index < -0.39 is 0 Å². The van der Waals surface area contributed by atoms with Gasteiger partial charge in [0.25, 0.3) is 0 Å². The van der Waals surface area contributed by atoms with Crippen molar-refractivity contribution in [2.45, 2.75) is 19.9 Å². The second-order valence-corrected chi connectivity index (χ2v) is 4.60. The molecule has 1 atom stereocenters. The molecule has 0 saturated heterocycles. The zero-order chi connectivity index (χ0) is 12.4. The predicted molar refractivity (Wildman–Crippen MR) is 71.4 cm³/mol. The van der Waals surface area contributed by atoms with E-state index in [4.69, 9.17) is 11.6 Å². The molecule has 1 aromatic heterocycles. The first-order valence-electron chi connectivity index (χ1n) is 5.59. The summed E-state index contributed by atoms with van der Waals surface area (Å²) in [5.74, 6) is 0. The highest BCUT2D eigenvalue weighted by molar-refractivity contribution is 6.33. The number of para-hydroxylation sites is 1. The van der Waals surface area contributed by atoms with Crippen LogP contribution < -0.4 is 5.32 Å². The molecule has 2 rings (SSSR count). The van der Waals surface area contributed by atoms with Gasteiger partial charge in [-0.05, 0) is 26.0 Å². The molecule has 0 aliphatic heterocycles. The number of nitrogens with zero attached hydrogens (tertiary/aromatic N) is 2. The van der Waals surface area contributed by atoms with E-state index >= 15 is 0 Å². The van der Waals surface area contributed by atoms with E-state index in [-0.39, 0.29) is 6.04 Å². The van der Waals surface area contributed by atoms with Gasteiger partial charge in [-0.2, -0.15) is 5.10 Å². The highest BCUT2D eigenvalue weighted by atomic mass is 35.5. The van der Waals surface area contributed by atoms with E-state index in [0.717, 1.165) is 16.4 Å². The maximum absolute atomic E-state index is 6.12. The van der Waals surface area contributed by atoms with Crippen molar-refractivity contribution in [1.82, 2.24) is 9.78 Å². The Morgan fingerprint density at radius 2 is 2.06 bits per heavy atom. The third kappa shape index (κ3) is 2.61. The van der Waals surface area contributed by atoms with E-state index in [1.165, 1.54) is 5.56 Å². The number of aromatic nitrogens is 2. The van der Waals surface area contributed by atoms with E-state index in [0.29, 0.717) is 0 Å². The SMILES string of the molecule is Cc1nn(C)cc1C(C)Nc1ccccc1Cl. The van der Waals surface area contributed by atoms with Crippen molar-refractivity contribution >= 4 is 17.3 Å². The molecule has 2 aromatic rings. The van der Waals surface area contributed by atoms with Gasteiger partial charge in [0.1, 0.15) is 0 Å².